The first-order valence-electron chi connectivity index (χ1n) is 5.73. The molecule has 2 aliphatic heterocycles. The van der Waals surface area contributed by atoms with Gasteiger partial charge in [-0.2, -0.15) is 0 Å². The van der Waals surface area contributed by atoms with Crippen LogP contribution >= 0.6 is 11.8 Å². The van der Waals surface area contributed by atoms with Crippen LogP contribution in [0.1, 0.15) is 6.92 Å². The fraction of sp³-hybridized carbons (Fsp3) is 0.364. The summed E-state index contributed by atoms with van der Waals surface area (Å²) in [6.45, 7) is 1.74. The Labute approximate surface area is 113 Å². The van der Waals surface area contributed by atoms with E-state index < -0.39 is 12.0 Å². The highest BCUT2D eigenvalue weighted by atomic mass is 32.2. The van der Waals surface area contributed by atoms with Crippen molar-refractivity contribution in [1.29, 1.82) is 0 Å². The predicted octanol–water partition coefficient (Wildman–Crippen LogP) is 0.464. The number of carbonyl (C=O) groups excluding carboxylic acids is 1. The molecule has 0 aliphatic carbocycles. The first kappa shape index (κ1) is 12.1. The van der Waals surface area contributed by atoms with Crippen LogP contribution in [0.3, 0.4) is 0 Å². The lowest BCUT2D eigenvalue weighted by molar-refractivity contribution is -0.147. The molecule has 0 aromatic carbocycles. The number of thioether (sulfide) groups is 1. The van der Waals surface area contributed by atoms with Crippen LogP contribution in [0, 0.1) is 0 Å². The molecule has 0 spiro atoms. The molecule has 1 aromatic rings. The molecule has 3 heterocycles. The van der Waals surface area contributed by atoms with Crippen molar-refractivity contribution < 1.29 is 14.7 Å². The normalized spacial score (nSPS) is 25.9. The number of carboxylic acids is 1. The molecule has 8 heteroatoms. The van der Waals surface area contributed by atoms with E-state index in [0.29, 0.717) is 11.7 Å². The fourth-order valence-electron chi connectivity index (χ4n) is 2.27. The van der Waals surface area contributed by atoms with Gasteiger partial charge in [-0.3, -0.25) is 9.69 Å². The van der Waals surface area contributed by atoms with E-state index >= 15 is 0 Å². The first-order chi connectivity index (χ1) is 9.09. The SMILES string of the molecule is CC1=C(C(=O)O)N2C(=O)C(Nc3ncc[nH]3)[C@@H]2SC1. The van der Waals surface area contributed by atoms with E-state index in [9.17, 15) is 14.7 Å². The maximum absolute atomic E-state index is 12.1. The molecule has 19 heavy (non-hydrogen) atoms. The number of H-pyrrole nitrogens is 1. The van der Waals surface area contributed by atoms with E-state index in [2.05, 4.69) is 15.3 Å². The fourth-order valence-corrected chi connectivity index (χ4v) is 3.56. The van der Waals surface area contributed by atoms with E-state index in [1.54, 1.807) is 31.1 Å². The van der Waals surface area contributed by atoms with E-state index in [-0.39, 0.29) is 17.0 Å². The van der Waals surface area contributed by atoms with Crippen LogP contribution in [0.2, 0.25) is 0 Å². The molecule has 1 saturated heterocycles. The monoisotopic (exact) mass is 280 g/mol. The summed E-state index contributed by atoms with van der Waals surface area (Å²) in [5.74, 6) is -0.147. The van der Waals surface area contributed by atoms with Gasteiger partial charge in [0.2, 0.25) is 5.95 Å². The summed E-state index contributed by atoms with van der Waals surface area (Å²) in [4.78, 5) is 31.5. The van der Waals surface area contributed by atoms with Gasteiger partial charge in [0.25, 0.3) is 5.91 Å². The van der Waals surface area contributed by atoms with Gasteiger partial charge >= 0.3 is 5.97 Å². The number of hydrogen-bond donors (Lipinski definition) is 3. The summed E-state index contributed by atoms with van der Waals surface area (Å²) in [5.41, 5.74) is 0.838. The van der Waals surface area contributed by atoms with Gasteiger partial charge in [0.1, 0.15) is 17.1 Å². The van der Waals surface area contributed by atoms with Crippen molar-refractivity contribution in [2.45, 2.75) is 18.3 Å². The van der Waals surface area contributed by atoms with Crippen LogP contribution in [-0.2, 0) is 9.59 Å². The molecule has 100 valence electrons. The zero-order valence-corrected chi connectivity index (χ0v) is 10.9. The van der Waals surface area contributed by atoms with E-state index in [0.717, 1.165) is 5.57 Å². The van der Waals surface area contributed by atoms with Crippen LogP contribution in [0.15, 0.2) is 23.7 Å². The minimum atomic E-state index is -1.05. The van der Waals surface area contributed by atoms with Crippen LogP contribution in [0.25, 0.3) is 0 Å². The van der Waals surface area contributed by atoms with Gasteiger partial charge in [0, 0.05) is 18.1 Å². The Bertz CT molecular complexity index is 569. The Hall–Kier alpha value is -1.96. The van der Waals surface area contributed by atoms with Crippen molar-refractivity contribution in [3.05, 3.63) is 23.7 Å². The third-order valence-electron chi connectivity index (χ3n) is 3.15. The summed E-state index contributed by atoms with van der Waals surface area (Å²) in [6, 6.07) is -0.432. The number of carbonyl (C=O) groups is 2. The molecule has 1 fully saturated rings. The van der Waals surface area contributed by atoms with Crippen molar-refractivity contribution in [3.63, 3.8) is 0 Å². The van der Waals surface area contributed by atoms with Crippen LogP contribution in [0.5, 0.6) is 0 Å². The number of rotatable bonds is 3. The average molecular weight is 280 g/mol. The Morgan fingerprint density at radius 1 is 1.68 bits per heavy atom. The lowest BCUT2D eigenvalue weighted by Gasteiger charge is -2.49. The maximum atomic E-state index is 12.1. The Kier molecular flexibility index (Phi) is 2.74. The summed E-state index contributed by atoms with van der Waals surface area (Å²) in [6.07, 6.45) is 3.24. The molecule has 2 atom stereocenters. The average Bonchev–Trinajstić information content (AvgIpc) is 2.88. The first-order valence-corrected chi connectivity index (χ1v) is 6.78. The molecule has 0 saturated carbocycles. The summed E-state index contributed by atoms with van der Waals surface area (Å²) < 4.78 is 0. The van der Waals surface area contributed by atoms with Gasteiger partial charge in [-0.1, -0.05) is 0 Å². The number of amides is 1. The van der Waals surface area contributed by atoms with Crippen molar-refractivity contribution in [2.75, 3.05) is 11.1 Å². The lowest BCUT2D eigenvalue weighted by Crippen LogP contribution is -2.67. The number of nitrogens with zero attached hydrogens (tertiary/aromatic N) is 2. The molecule has 0 radical (unpaired) electrons. The Morgan fingerprint density at radius 3 is 3.11 bits per heavy atom. The largest absolute Gasteiger partial charge is 0.477 e. The van der Waals surface area contributed by atoms with Gasteiger partial charge in [0.05, 0.1) is 0 Å². The number of carboxylic acid groups (broad SMARTS) is 1. The lowest BCUT2D eigenvalue weighted by atomic mass is 10.0. The molecule has 1 amide bonds. The number of aromatic nitrogens is 2. The third-order valence-corrected chi connectivity index (χ3v) is 4.58. The smallest absolute Gasteiger partial charge is 0.352 e. The highest BCUT2D eigenvalue weighted by molar-refractivity contribution is 8.00. The van der Waals surface area contributed by atoms with Crippen LogP contribution in [0.4, 0.5) is 5.95 Å². The molecular formula is C11H12N4O3S. The standard InChI is InChI=1S/C11H12N4O3S/c1-5-4-19-9-6(14-11-12-2-3-13-11)8(16)15(9)7(5)10(17)18/h2-3,6,9H,4H2,1H3,(H,17,18)(H2,12,13,14)/t6?,9-/m0/s1. The number of aliphatic carboxylic acids is 1. The van der Waals surface area contributed by atoms with Gasteiger partial charge < -0.3 is 15.4 Å². The molecule has 0 bridgehead atoms. The third kappa shape index (κ3) is 1.79. The summed E-state index contributed by atoms with van der Waals surface area (Å²) in [5, 5.41) is 12.0. The van der Waals surface area contributed by atoms with Crippen molar-refractivity contribution >= 4 is 29.6 Å². The summed E-state index contributed by atoms with van der Waals surface area (Å²) in [7, 11) is 0. The van der Waals surface area contributed by atoms with E-state index in [4.69, 9.17) is 0 Å². The van der Waals surface area contributed by atoms with Crippen molar-refractivity contribution in [3.8, 4) is 0 Å². The number of hydrogen-bond acceptors (Lipinski definition) is 5. The van der Waals surface area contributed by atoms with Crippen LogP contribution in [-0.4, -0.2) is 49.0 Å². The predicted molar refractivity (Wildman–Crippen MR) is 69.4 cm³/mol. The molecule has 7 nitrogen and oxygen atoms in total. The molecule has 1 unspecified atom stereocenters. The quantitative estimate of drug-likeness (QED) is 0.696. The molecular weight excluding hydrogens is 268 g/mol. The van der Waals surface area contributed by atoms with Gasteiger partial charge in [0.15, 0.2) is 0 Å². The summed E-state index contributed by atoms with van der Waals surface area (Å²) >= 11 is 1.56. The highest BCUT2D eigenvalue weighted by Gasteiger charge is 2.53. The van der Waals surface area contributed by atoms with Gasteiger partial charge in [-0.15, -0.1) is 11.8 Å². The molecule has 2 aliphatic rings. The number of β-lactam (4-membered cyclic amide) rings is 1. The second kappa shape index (κ2) is 4.30. The topological polar surface area (TPSA) is 98.3 Å². The minimum Gasteiger partial charge on any atom is -0.477 e. The van der Waals surface area contributed by atoms with Gasteiger partial charge in [-0.25, -0.2) is 9.78 Å². The van der Waals surface area contributed by atoms with Crippen molar-refractivity contribution in [2.24, 2.45) is 0 Å². The second-order valence-corrected chi connectivity index (χ2v) is 5.51. The Balaban J connectivity index is 1.82. The zero-order valence-electron chi connectivity index (χ0n) is 10.1. The highest BCUT2D eigenvalue weighted by Crippen LogP contribution is 2.40. The van der Waals surface area contributed by atoms with E-state index in [1.807, 2.05) is 0 Å². The van der Waals surface area contributed by atoms with Crippen LogP contribution < -0.4 is 5.32 Å². The number of aromatic amines is 1. The number of fused-ring (bicyclic) bond motifs is 1. The van der Waals surface area contributed by atoms with E-state index in [1.165, 1.54) is 4.90 Å². The second-order valence-electron chi connectivity index (χ2n) is 4.40. The number of nitrogens with one attached hydrogen (secondary N) is 2. The molecule has 3 rings (SSSR count). The Morgan fingerprint density at radius 2 is 2.47 bits per heavy atom. The number of imidazole rings is 1. The molecule has 1 aromatic heterocycles. The van der Waals surface area contributed by atoms with Crippen molar-refractivity contribution in [1.82, 2.24) is 14.9 Å². The van der Waals surface area contributed by atoms with Gasteiger partial charge in [-0.05, 0) is 12.5 Å². The minimum absolute atomic E-state index is 0.117. The number of anilines is 1. The molecule has 3 N–H and O–H groups in total. The zero-order chi connectivity index (χ0) is 13.6. The maximum Gasteiger partial charge on any atom is 0.352 e.